The van der Waals surface area contributed by atoms with E-state index in [1.54, 1.807) is 0 Å². The summed E-state index contributed by atoms with van der Waals surface area (Å²) in [6.07, 6.45) is 1.06. The summed E-state index contributed by atoms with van der Waals surface area (Å²) < 4.78 is 44.1. The highest BCUT2D eigenvalue weighted by Gasteiger charge is 2.45. The van der Waals surface area contributed by atoms with Crippen LogP contribution < -0.4 is 9.46 Å². The monoisotopic (exact) mass is 301 g/mol. The molecule has 1 atom stereocenters. The number of sulfonamides is 1. The minimum atomic E-state index is -3.31. The van der Waals surface area contributed by atoms with Crippen molar-refractivity contribution in [3.8, 4) is 5.75 Å². The number of benzene rings is 1. The molecule has 0 unspecified atom stereocenters. The number of nitrogens with one attached hydrogen (secondary N) is 1. The van der Waals surface area contributed by atoms with E-state index in [0.717, 1.165) is 6.42 Å². The number of hydrogen-bond acceptors (Lipinski definition) is 3. The van der Waals surface area contributed by atoms with Gasteiger partial charge in [-0.05, 0) is 42.0 Å². The van der Waals surface area contributed by atoms with E-state index in [1.807, 2.05) is 0 Å². The van der Waals surface area contributed by atoms with Crippen LogP contribution in [0.1, 0.15) is 20.3 Å². The molecule has 0 radical (unpaired) electrons. The Labute approximate surface area is 119 Å². The molecular weight excluding hydrogens is 281 g/mol. The van der Waals surface area contributed by atoms with Crippen LogP contribution in [0.3, 0.4) is 0 Å². The van der Waals surface area contributed by atoms with Crippen LogP contribution in [-0.4, -0.2) is 27.3 Å². The minimum absolute atomic E-state index is 0.0506. The standard InChI is InChI=1S/C14H20FNO3S/c1-14(2)9-11(14)10-16-20(17,18)8-7-19-13-5-3-12(15)4-6-13/h3-6,11,16H,7-10H2,1-2H3/t11-/m0/s1. The topological polar surface area (TPSA) is 55.4 Å². The first kappa shape index (κ1) is 15.3. The normalized spacial score (nSPS) is 20.6. The lowest BCUT2D eigenvalue weighted by Crippen LogP contribution is -2.31. The third-order valence-electron chi connectivity index (χ3n) is 3.70. The van der Waals surface area contributed by atoms with E-state index in [2.05, 4.69) is 18.6 Å². The predicted octanol–water partition coefficient (Wildman–Crippen LogP) is 2.17. The second kappa shape index (κ2) is 5.69. The zero-order chi connectivity index (χ0) is 14.8. The predicted molar refractivity (Wildman–Crippen MR) is 75.6 cm³/mol. The Balaban J connectivity index is 1.71. The Bertz CT molecular complexity index is 554. The Morgan fingerprint density at radius 3 is 2.50 bits per heavy atom. The molecule has 1 aromatic carbocycles. The lowest BCUT2D eigenvalue weighted by atomic mass is 10.1. The highest BCUT2D eigenvalue weighted by Crippen LogP contribution is 2.51. The molecule has 2 rings (SSSR count). The fourth-order valence-electron chi connectivity index (χ4n) is 2.02. The van der Waals surface area contributed by atoms with Gasteiger partial charge in [0.1, 0.15) is 18.2 Å². The molecule has 1 saturated carbocycles. The largest absolute Gasteiger partial charge is 0.492 e. The first-order valence-electron chi connectivity index (χ1n) is 6.64. The zero-order valence-corrected chi connectivity index (χ0v) is 12.5. The third kappa shape index (κ3) is 4.45. The molecule has 6 heteroatoms. The van der Waals surface area contributed by atoms with E-state index in [0.29, 0.717) is 18.2 Å². The molecule has 0 aromatic heterocycles. The van der Waals surface area contributed by atoms with Crippen molar-refractivity contribution in [1.82, 2.24) is 4.72 Å². The molecule has 112 valence electrons. The lowest BCUT2D eigenvalue weighted by molar-refractivity contribution is 0.339. The van der Waals surface area contributed by atoms with Crippen LogP contribution >= 0.6 is 0 Å². The van der Waals surface area contributed by atoms with Crippen molar-refractivity contribution in [2.75, 3.05) is 18.9 Å². The lowest BCUT2D eigenvalue weighted by Gasteiger charge is -2.09. The molecule has 0 amide bonds. The SMILES string of the molecule is CC1(C)C[C@H]1CNS(=O)(=O)CCOc1ccc(F)cc1. The van der Waals surface area contributed by atoms with Crippen molar-refractivity contribution in [2.24, 2.45) is 11.3 Å². The van der Waals surface area contributed by atoms with Crippen molar-refractivity contribution in [3.63, 3.8) is 0 Å². The fourth-order valence-corrected chi connectivity index (χ4v) is 2.93. The molecule has 0 saturated heterocycles. The van der Waals surface area contributed by atoms with Gasteiger partial charge in [-0.1, -0.05) is 13.8 Å². The molecule has 1 fully saturated rings. The first-order valence-corrected chi connectivity index (χ1v) is 8.29. The molecule has 1 N–H and O–H groups in total. The summed E-state index contributed by atoms with van der Waals surface area (Å²) in [5, 5.41) is 0. The van der Waals surface area contributed by atoms with Gasteiger partial charge in [0.25, 0.3) is 0 Å². The van der Waals surface area contributed by atoms with Gasteiger partial charge in [-0.3, -0.25) is 0 Å². The van der Waals surface area contributed by atoms with Gasteiger partial charge < -0.3 is 4.74 Å². The zero-order valence-electron chi connectivity index (χ0n) is 11.7. The summed E-state index contributed by atoms with van der Waals surface area (Å²) in [4.78, 5) is 0. The number of hydrogen-bond donors (Lipinski definition) is 1. The van der Waals surface area contributed by atoms with E-state index in [4.69, 9.17) is 4.74 Å². The van der Waals surface area contributed by atoms with Gasteiger partial charge in [-0.25, -0.2) is 17.5 Å². The summed E-state index contributed by atoms with van der Waals surface area (Å²) in [6.45, 7) is 4.80. The van der Waals surface area contributed by atoms with E-state index < -0.39 is 10.0 Å². The smallest absolute Gasteiger partial charge is 0.214 e. The summed E-state index contributed by atoms with van der Waals surface area (Å²) in [5.74, 6) is 0.441. The highest BCUT2D eigenvalue weighted by atomic mass is 32.2. The summed E-state index contributed by atoms with van der Waals surface area (Å²) in [5.41, 5.74) is 0.257. The second-order valence-electron chi connectivity index (χ2n) is 5.86. The molecule has 1 aliphatic rings. The van der Waals surface area contributed by atoms with Crippen LogP contribution in [0.25, 0.3) is 0 Å². The van der Waals surface area contributed by atoms with Crippen molar-refractivity contribution in [1.29, 1.82) is 0 Å². The number of halogens is 1. The van der Waals surface area contributed by atoms with Crippen LogP contribution in [0.5, 0.6) is 5.75 Å². The molecule has 0 heterocycles. The summed E-state index contributed by atoms with van der Waals surface area (Å²) in [7, 11) is -3.31. The van der Waals surface area contributed by atoms with E-state index in [-0.39, 0.29) is 23.6 Å². The highest BCUT2D eigenvalue weighted by molar-refractivity contribution is 7.89. The fraction of sp³-hybridized carbons (Fsp3) is 0.571. The minimum Gasteiger partial charge on any atom is -0.492 e. The molecule has 1 aromatic rings. The van der Waals surface area contributed by atoms with Gasteiger partial charge in [-0.2, -0.15) is 0 Å². The Hall–Kier alpha value is -1.14. The molecule has 0 spiro atoms. The number of rotatable bonds is 7. The average Bonchev–Trinajstić information content (AvgIpc) is 2.97. The first-order chi connectivity index (χ1) is 9.28. The molecule has 20 heavy (non-hydrogen) atoms. The third-order valence-corrected chi connectivity index (χ3v) is 5.01. The van der Waals surface area contributed by atoms with E-state index in [9.17, 15) is 12.8 Å². The summed E-state index contributed by atoms with van der Waals surface area (Å²) in [6, 6.07) is 5.50. The van der Waals surface area contributed by atoms with Crippen LogP contribution in [0, 0.1) is 17.2 Å². The van der Waals surface area contributed by atoms with Crippen molar-refractivity contribution in [3.05, 3.63) is 30.1 Å². The van der Waals surface area contributed by atoms with Gasteiger partial charge in [0.2, 0.25) is 10.0 Å². The van der Waals surface area contributed by atoms with Gasteiger partial charge in [0.05, 0.1) is 5.75 Å². The maximum Gasteiger partial charge on any atom is 0.214 e. The quantitative estimate of drug-likeness (QED) is 0.840. The summed E-state index contributed by atoms with van der Waals surface area (Å²) >= 11 is 0. The Morgan fingerprint density at radius 1 is 1.35 bits per heavy atom. The molecular formula is C14H20FNO3S. The average molecular weight is 301 g/mol. The Kier molecular flexibility index (Phi) is 4.34. The van der Waals surface area contributed by atoms with Gasteiger partial charge in [0, 0.05) is 6.54 Å². The maximum atomic E-state index is 12.7. The number of ether oxygens (including phenoxy) is 1. The van der Waals surface area contributed by atoms with Gasteiger partial charge in [0.15, 0.2) is 0 Å². The van der Waals surface area contributed by atoms with Gasteiger partial charge in [-0.15, -0.1) is 0 Å². The molecule has 0 bridgehead atoms. The molecule has 4 nitrogen and oxygen atoms in total. The van der Waals surface area contributed by atoms with Crippen LogP contribution in [0.4, 0.5) is 4.39 Å². The van der Waals surface area contributed by atoms with Crippen LogP contribution in [0.2, 0.25) is 0 Å². The maximum absolute atomic E-state index is 12.7. The van der Waals surface area contributed by atoms with Crippen molar-refractivity contribution in [2.45, 2.75) is 20.3 Å². The van der Waals surface area contributed by atoms with E-state index in [1.165, 1.54) is 24.3 Å². The second-order valence-corrected chi connectivity index (χ2v) is 7.79. The van der Waals surface area contributed by atoms with Crippen LogP contribution in [0.15, 0.2) is 24.3 Å². The van der Waals surface area contributed by atoms with Gasteiger partial charge >= 0.3 is 0 Å². The van der Waals surface area contributed by atoms with Crippen molar-refractivity contribution < 1.29 is 17.5 Å². The van der Waals surface area contributed by atoms with E-state index >= 15 is 0 Å². The Morgan fingerprint density at radius 2 is 1.95 bits per heavy atom. The van der Waals surface area contributed by atoms with Crippen LogP contribution in [-0.2, 0) is 10.0 Å². The molecule has 0 aliphatic heterocycles. The van der Waals surface area contributed by atoms with Crippen molar-refractivity contribution >= 4 is 10.0 Å². The molecule has 1 aliphatic carbocycles.